The Hall–Kier alpha value is -0.890. The molecule has 0 saturated carbocycles. The highest BCUT2D eigenvalue weighted by Crippen LogP contribution is 2.54. The highest BCUT2D eigenvalue weighted by atomic mass is 32.2. The first kappa shape index (κ1) is 30.1. The maximum atomic E-state index is 13.5. The quantitative estimate of drug-likeness (QED) is 0.152. The highest BCUT2D eigenvalue weighted by Gasteiger charge is 2.85. The van der Waals surface area contributed by atoms with Crippen LogP contribution >= 0.6 is 0 Å². The zero-order chi connectivity index (χ0) is 25.3. The van der Waals surface area contributed by atoms with Gasteiger partial charge in [-0.3, -0.25) is 4.55 Å². The van der Waals surface area contributed by atoms with Crippen LogP contribution in [0.15, 0.2) is 0 Å². The summed E-state index contributed by atoms with van der Waals surface area (Å²) in [6.45, 7) is -1.69. The van der Waals surface area contributed by atoms with Crippen molar-refractivity contribution in [2.75, 3.05) is 39.5 Å². The molecule has 0 heterocycles. The van der Waals surface area contributed by atoms with Crippen LogP contribution in [0.3, 0.4) is 0 Å². The molecule has 0 amide bonds. The molecule has 8 nitrogen and oxygen atoms in total. The Kier molecular flexibility index (Phi) is 8.90. The molecule has 0 fully saturated rings. The third kappa shape index (κ3) is 7.31. The summed E-state index contributed by atoms with van der Waals surface area (Å²) >= 11 is 0. The van der Waals surface area contributed by atoms with Crippen LogP contribution in [0, 0.1) is 0 Å². The second-order valence-corrected chi connectivity index (χ2v) is 10.5. The van der Waals surface area contributed by atoms with Crippen molar-refractivity contribution in [1.29, 1.82) is 0 Å². The molecule has 0 aliphatic carbocycles. The van der Waals surface area contributed by atoms with Crippen LogP contribution in [-0.2, 0) is 20.1 Å². The van der Waals surface area contributed by atoms with Crippen molar-refractivity contribution in [3.05, 3.63) is 0 Å². The largest absolute Gasteiger partial charge is 0.460 e. The number of halogens is 9. The maximum Gasteiger partial charge on any atom is 0.460 e. The monoisotopic (exact) mass is 523 g/mol. The topological polar surface area (TPSA) is 121 Å². The molecule has 0 spiro atoms. The summed E-state index contributed by atoms with van der Waals surface area (Å²) < 4.78 is 168. The predicted molar refractivity (Wildman–Crippen MR) is 86.7 cm³/mol. The number of alkyl halides is 9. The van der Waals surface area contributed by atoms with Crippen LogP contribution in [0.25, 0.3) is 0 Å². The molecule has 0 aromatic heterocycles. The number of hydrogen-bond donors (Lipinski definition) is 3. The van der Waals surface area contributed by atoms with E-state index in [0.29, 0.717) is 0 Å². The van der Waals surface area contributed by atoms with Gasteiger partial charge in [0.2, 0.25) is 0 Å². The molecule has 31 heavy (non-hydrogen) atoms. The summed E-state index contributed by atoms with van der Waals surface area (Å²) in [7, 11) is -8.59. The first-order chi connectivity index (χ1) is 13.3. The van der Waals surface area contributed by atoms with E-state index in [2.05, 4.69) is 0 Å². The molecule has 0 aromatic carbocycles. The van der Waals surface area contributed by atoms with E-state index >= 15 is 0 Å². The molecule has 3 N–H and O–H groups in total. The van der Waals surface area contributed by atoms with Gasteiger partial charge in [-0.2, -0.15) is 47.9 Å². The van der Waals surface area contributed by atoms with Crippen LogP contribution < -0.4 is 4.72 Å². The van der Waals surface area contributed by atoms with Crippen LogP contribution in [0.2, 0.25) is 0 Å². The number of rotatable bonds is 12. The Bertz CT molecular complexity index is 828. The van der Waals surface area contributed by atoms with Gasteiger partial charge in [0.1, 0.15) is 18.4 Å². The van der Waals surface area contributed by atoms with E-state index in [0.717, 1.165) is 4.72 Å². The number of hydrogen-bond acceptors (Lipinski definition) is 5. The van der Waals surface area contributed by atoms with Crippen LogP contribution in [-0.4, -0.2) is 99.8 Å². The molecule has 0 aliphatic rings. The van der Waals surface area contributed by atoms with Crippen LogP contribution in [0.1, 0.15) is 6.42 Å². The Labute approximate surface area is 171 Å². The lowest BCUT2D eigenvalue weighted by molar-refractivity contribution is -0.893. The number of nitrogens with zero attached hydrogens (tertiary/aromatic N) is 1. The van der Waals surface area contributed by atoms with E-state index in [9.17, 15) is 61.5 Å². The zero-order valence-corrected chi connectivity index (χ0v) is 17.4. The van der Waals surface area contributed by atoms with Gasteiger partial charge in [0, 0.05) is 13.0 Å². The smallest absolute Gasteiger partial charge is 0.386 e. The fraction of sp³-hybridized carbons (Fsp3) is 1.00. The Morgan fingerprint density at radius 3 is 1.74 bits per heavy atom. The van der Waals surface area contributed by atoms with Crippen molar-refractivity contribution >= 4 is 20.1 Å². The SMILES string of the molecule is C[N+](C)(CCCNS(=O)(=O)C(F)(F)C(F)(F)C(F)(F)C(F)(F)F)CC(O)CS(=O)(=O)O. The number of sulfonamides is 1. The van der Waals surface area contributed by atoms with E-state index in [-0.39, 0.29) is 17.6 Å². The number of quaternary nitrogens is 1. The molecule has 188 valence electrons. The average Bonchev–Trinajstić information content (AvgIpc) is 2.47. The molecule has 0 bridgehead atoms. The first-order valence-corrected chi connectivity index (χ1v) is 11.0. The molecule has 19 heteroatoms. The number of nitrogens with one attached hydrogen (secondary N) is 1. The van der Waals surface area contributed by atoms with Gasteiger partial charge in [-0.1, -0.05) is 0 Å². The van der Waals surface area contributed by atoms with E-state index in [1.54, 1.807) is 0 Å². The highest BCUT2D eigenvalue weighted by molar-refractivity contribution is 7.90. The fourth-order valence-corrected chi connectivity index (χ4v) is 3.94. The Balaban J connectivity index is 5.16. The van der Waals surface area contributed by atoms with Crippen molar-refractivity contribution in [2.45, 2.75) is 35.8 Å². The first-order valence-electron chi connectivity index (χ1n) is 7.95. The number of likely N-dealkylation sites (N-methyl/N-ethyl adjacent to an activating group) is 1. The van der Waals surface area contributed by atoms with Crippen molar-refractivity contribution in [2.24, 2.45) is 0 Å². The molecule has 0 radical (unpaired) electrons. The van der Waals surface area contributed by atoms with Gasteiger partial charge in [-0.25, -0.2) is 13.1 Å². The fourth-order valence-electron chi connectivity index (χ4n) is 2.29. The van der Waals surface area contributed by atoms with Crippen molar-refractivity contribution in [1.82, 2.24) is 4.72 Å². The maximum absolute atomic E-state index is 13.5. The summed E-state index contributed by atoms with van der Waals surface area (Å²) in [6, 6.07) is 0. The predicted octanol–water partition coefficient (Wildman–Crippen LogP) is 1.05. The van der Waals surface area contributed by atoms with Crippen LogP contribution in [0.4, 0.5) is 39.5 Å². The third-order valence-electron chi connectivity index (χ3n) is 3.79. The average molecular weight is 523 g/mol. The summed E-state index contributed by atoms with van der Waals surface area (Å²) in [6.07, 6.45) is -9.24. The number of aliphatic hydroxyl groups excluding tert-OH is 1. The normalized spacial score (nSPS) is 16.4. The molecule has 0 aromatic rings. The van der Waals surface area contributed by atoms with Gasteiger partial charge >= 0.3 is 23.3 Å². The molecule has 0 aliphatic heterocycles. The Morgan fingerprint density at radius 2 is 1.35 bits per heavy atom. The summed E-state index contributed by atoms with van der Waals surface area (Å²) in [5, 5.41) is 2.69. The molecular weight excluding hydrogens is 503 g/mol. The second kappa shape index (κ2) is 9.16. The van der Waals surface area contributed by atoms with Crippen molar-refractivity contribution in [3.8, 4) is 0 Å². The molecule has 1 unspecified atom stereocenters. The molecular formula is C12H20F9N2O6S2+. The second-order valence-electron chi connectivity index (χ2n) is 7.16. The summed E-state index contributed by atoms with van der Waals surface area (Å²) in [5.74, 6) is -15.8. The standard InChI is InChI=1S/C12H19F9N2O6S2/c1-23(2,6-8(24)7-30(25,26)27)5-3-4-22-31(28,29)12(20,21)10(15,16)9(13,14)11(17,18)19/h8,22,24H,3-7H2,1-2H3/p+1. The van der Waals surface area contributed by atoms with E-state index < -0.39 is 68.2 Å². The minimum atomic E-state index is -7.36. The molecule has 0 saturated heterocycles. The third-order valence-corrected chi connectivity index (χ3v) is 6.12. The Morgan fingerprint density at radius 1 is 0.903 bits per heavy atom. The van der Waals surface area contributed by atoms with Gasteiger partial charge in [-0.05, 0) is 0 Å². The van der Waals surface area contributed by atoms with Crippen molar-refractivity contribution < 1.29 is 70.5 Å². The van der Waals surface area contributed by atoms with Gasteiger partial charge in [0.05, 0.1) is 20.6 Å². The lowest BCUT2D eigenvalue weighted by Crippen LogP contribution is -2.65. The van der Waals surface area contributed by atoms with E-state index in [1.165, 1.54) is 14.1 Å². The molecule has 1 atom stereocenters. The van der Waals surface area contributed by atoms with Gasteiger partial charge in [0.25, 0.3) is 20.1 Å². The minimum Gasteiger partial charge on any atom is -0.386 e. The van der Waals surface area contributed by atoms with E-state index in [4.69, 9.17) is 4.55 Å². The minimum absolute atomic E-state index is 0.230. The van der Waals surface area contributed by atoms with Gasteiger partial charge in [0.15, 0.2) is 0 Å². The van der Waals surface area contributed by atoms with Crippen LogP contribution in [0.5, 0.6) is 0 Å². The lowest BCUT2D eigenvalue weighted by Gasteiger charge is -2.33. The molecule has 0 rings (SSSR count). The summed E-state index contributed by atoms with van der Waals surface area (Å²) in [5.41, 5.74) is 0. The van der Waals surface area contributed by atoms with Gasteiger partial charge in [-0.15, -0.1) is 0 Å². The van der Waals surface area contributed by atoms with E-state index in [1.807, 2.05) is 0 Å². The lowest BCUT2D eigenvalue weighted by atomic mass is 10.1. The number of aliphatic hydroxyl groups is 1. The van der Waals surface area contributed by atoms with Crippen molar-refractivity contribution in [3.63, 3.8) is 0 Å². The van der Waals surface area contributed by atoms with Gasteiger partial charge < -0.3 is 9.59 Å². The summed E-state index contributed by atoms with van der Waals surface area (Å²) in [4.78, 5) is 0. The zero-order valence-electron chi connectivity index (χ0n) is 15.8.